The van der Waals surface area contributed by atoms with Gasteiger partial charge in [0.2, 0.25) is 0 Å². The van der Waals surface area contributed by atoms with Gasteiger partial charge in [-0.15, -0.1) is 0 Å². The van der Waals surface area contributed by atoms with Gasteiger partial charge in [0.25, 0.3) is 0 Å². The van der Waals surface area contributed by atoms with E-state index in [1.807, 2.05) is 6.07 Å². The minimum atomic E-state index is -0.980. The lowest BCUT2D eigenvalue weighted by atomic mass is 9.97. The number of benzene rings is 1. The van der Waals surface area contributed by atoms with Crippen molar-refractivity contribution in [3.63, 3.8) is 0 Å². The van der Waals surface area contributed by atoms with Gasteiger partial charge < -0.3 is 5.11 Å². The van der Waals surface area contributed by atoms with E-state index in [-0.39, 0.29) is 6.42 Å². The van der Waals surface area contributed by atoms with Crippen molar-refractivity contribution in [2.75, 3.05) is 0 Å². The van der Waals surface area contributed by atoms with Crippen LogP contribution in [-0.4, -0.2) is 11.1 Å². The summed E-state index contributed by atoms with van der Waals surface area (Å²) < 4.78 is 0. The number of carboxylic acid groups (broad SMARTS) is 1. The molecule has 0 aliphatic rings. The maximum absolute atomic E-state index is 10.4. The highest BCUT2D eigenvalue weighted by molar-refractivity contribution is 6.30. The third-order valence-corrected chi connectivity index (χ3v) is 2.06. The molecule has 1 N–H and O–H groups in total. The van der Waals surface area contributed by atoms with E-state index in [2.05, 4.69) is 0 Å². The van der Waals surface area contributed by atoms with Crippen molar-refractivity contribution in [1.29, 1.82) is 5.26 Å². The van der Waals surface area contributed by atoms with Gasteiger partial charge >= 0.3 is 5.97 Å². The average molecular weight is 210 g/mol. The van der Waals surface area contributed by atoms with E-state index in [9.17, 15) is 4.79 Å². The summed E-state index contributed by atoms with van der Waals surface area (Å²) in [5, 5.41) is 17.9. The molecule has 3 nitrogen and oxygen atoms in total. The third-order valence-electron chi connectivity index (χ3n) is 1.81. The quantitative estimate of drug-likeness (QED) is 0.832. The molecular formula is C10H8ClNO2. The topological polar surface area (TPSA) is 61.1 Å². The minimum Gasteiger partial charge on any atom is -0.481 e. The Morgan fingerprint density at radius 3 is 2.50 bits per heavy atom. The molecule has 72 valence electrons. The number of nitrogens with zero attached hydrogens (tertiary/aromatic N) is 1. The van der Waals surface area contributed by atoms with Gasteiger partial charge in [0.1, 0.15) is 0 Å². The average Bonchev–Trinajstić information content (AvgIpc) is 2.15. The highest BCUT2D eigenvalue weighted by Gasteiger charge is 2.14. The van der Waals surface area contributed by atoms with E-state index in [1.54, 1.807) is 24.3 Å². The Labute approximate surface area is 86.5 Å². The second kappa shape index (κ2) is 4.64. The van der Waals surface area contributed by atoms with Crippen LogP contribution >= 0.6 is 11.6 Å². The summed E-state index contributed by atoms with van der Waals surface area (Å²) in [6.07, 6.45) is -0.182. The normalized spacial score (nSPS) is 11.7. The molecule has 0 fully saturated rings. The molecule has 1 aromatic carbocycles. The zero-order valence-corrected chi connectivity index (χ0v) is 8.03. The summed E-state index contributed by atoms with van der Waals surface area (Å²) in [5.74, 6) is -1.59. The van der Waals surface area contributed by atoms with E-state index < -0.39 is 11.9 Å². The predicted molar refractivity (Wildman–Crippen MR) is 52.1 cm³/mol. The Kier molecular flexibility index (Phi) is 3.49. The van der Waals surface area contributed by atoms with Crippen LogP contribution in [0.3, 0.4) is 0 Å². The molecule has 0 bridgehead atoms. The van der Waals surface area contributed by atoms with Crippen molar-refractivity contribution >= 4 is 17.6 Å². The second-order valence-electron chi connectivity index (χ2n) is 2.83. The Morgan fingerprint density at radius 2 is 2.07 bits per heavy atom. The molecule has 1 aromatic rings. The highest BCUT2D eigenvalue weighted by atomic mass is 35.5. The predicted octanol–water partition coefficient (Wildman–Crippen LogP) is 2.42. The lowest BCUT2D eigenvalue weighted by Crippen LogP contribution is -2.04. The van der Waals surface area contributed by atoms with Gasteiger partial charge in [-0.2, -0.15) is 5.26 Å². The van der Waals surface area contributed by atoms with Crippen molar-refractivity contribution in [2.45, 2.75) is 12.3 Å². The van der Waals surface area contributed by atoms with Crippen molar-refractivity contribution in [3.05, 3.63) is 34.9 Å². The van der Waals surface area contributed by atoms with Crippen LogP contribution in [0.5, 0.6) is 0 Å². The summed E-state index contributed by atoms with van der Waals surface area (Å²) in [5.41, 5.74) is 0.680. The molecule has 0 aromatic heterocycles. The number of hydrogen-bond acceptors (Lipinski definition) is 2. The smallest absolute Gasteiger partial charge is 0.305 e. The number of carboxylic acids is 1. The Morgan fingerprint density at radius 1 is 1.50 bits per heavy atom. The third kappa shape index (κ3) is 2.75. The van der Waals surface area contributed by atoms with Crippen LogP contribution in [0.2, 0.25) is 5.02 Å². The molecule has 0 aliphatic heterocycles. The second-order valence-corrected chi connectivity index (χ2v) is 3.27. The van der Waals surface area contributed by atoms with Crippen LogP contribution in [0.4, 0.5) is 0 Å². The summed E-state index contributed by atoms with van der Waals surface area (Å²) >= 11 is 5.67. The van der Waals surface area contributed by atoms with E-state index in [1.165, 1.54) is 0 Å². The standard InChI is InChI=1S/C10H8ClNO2/c11-9-3-1-7(2-4-9)8(6-12)5-10(13)14/h1-4,8H,5H2,(H,13,14)/t8-/m0/s1. The lowest BCUT2D eigenvalue weighted by molar-refractivity contribution is -0.137. The van der Waals surface area contributed by atoms with Crippen molar-refractivity contribution in [3.8, 4) is 6.07 Å². The zero-order valence-electron chi connectivity index (χ0n) is 7.27. The molecule has 0 saturated heterocycles. The first-order valence-corrected chi connectivity index (χ1v) is 4.38. The number of carbonyl (C=O) groups is 1. The number of nitriles is 1. The molecule has 4 heteroatoms. The molecule has 0 heterocycles. The van der Waals surface area contributed by atoms with Gasteiger partial charge in [0.15, 0.2) is 0 Å². The van der Waals surface area contributed by atoms with Crippen LogP contribution in [0.25, 0.3) is 0 Å². The molecule has 0 aliphatic carbocycles. The molecule has 1 atom stereocenters. The van der Waals surface area contributed by atoms with Crippen molar-refractivity contribution < 1.29 is 9.90 Å². The Balaban J connectivity index is 2.85. The van der Waals surface area contributed by atoms with Crippen LogP contribution in [0, 0.1) is 11.3 Å². The maximum atomic E-state index is 10.4. The SMILES string of the molecule is N#C[C@H](CC(=O)O)c1ccc(Cl)cc1. The molecule has 0 radical (unpaired) electrons. The fourth-order valence-corrected chi connectivity index (χ4v) is 1.23. The fourth-order valence-electron chi connectivity index (χ4n) is 1.11. The Hall–Kier alpha value is -1.53. The molecule has 0 unspecified atom stereocenters. The summed E-state index contributed by atoms with van der Waals surface area (Å²) in [4.78, 5) is 10.4. The number of hydrogen-bond donors (Lipinski definition) is 1. The molecule has 14 heavy (non-hydrogen) atoms. The monoisotopic (exact) mass is 209 g/mol. The highest BCUT2D eigenvalue weighted by Crippen LogP contribution is 2.20. The van der Waals surface area contributed by atoms with E-state index in [0.717, 1.165) is 0 Å². The number of rotatable bonds is 3. The number of aliphatic carboxylic acids is 1. The number of halogens is 1. The van der Waals surface area contributed by atoms with Gasteiger partial charge in [-0.3, -0.25) is 4.79 Å². The van der Waals surface area contributed by atoms with Crippen LogP contribution in [-0.2, 0) is 4.79 Å². The largest absolute Gasteiger partial charge is 0.481 e. The van der Waals surface area contributed by atoms with Gasteiger partial charge in [-0.05, 0) is 17.7 Å². The summed E-state index contributed by atoms with van der Waals surface area (Å²) in [6.45, 7) is 0. The molecule has 1 rings (SSSR count). The van der Waals surface area contributed by atoms with E-state index in [0.29, 0.717) is 10.6 Å². The summed E-state index contributed by atoms with van der Waals surface area (Å²) in [6, 6.07) is 8.56. The van der Waals surface area contributed by atoms with Gasteiger partial charge in [0, 0.05) is 5.02 Å². The van der Waals surface area contributed by atoms with Crippen molar-refractivity contribution in [1.82, 2.24) is 0 Å². The fraction of sp³-hybridized carbons (Fsp3) is 0.200. The first-order chi connectivity index (χ1) is 6.63. The van der Waals surface area contributed by atoms with Gasteiger partial charge in [-0.25, -0.2) is 0 Å². The molecule has 0 spiro atoms. The zero-order chi connectivity index (χ0) is 10.6. The van der Waals surface area contributed by atoms with Crippen LogP contribution in [0.1, 0.15) is 17.9 Å². The van der Waals surface area contributed by atoms with Crippen LogP contribution < -0.4 is 0 Å². The van der Waals surface area contributed by atoms with Crippen LogP contribution in [0.15, 0.2) is 24.3 Å². The Bertz CT molecular complexity index is 367. The summed E-state index contributed by atoms with van der Waals surface area (Å²) in [7, 11) is 0. The van der Waals surface area contributed by atoms with E-state index in [4.69, 9.17) is 22.0 Å². The van der Waals surface area contributed by atoms with E-state index >= 15 is 0 Å². The molecule has 0 saturated carbocycles. The molecule has 0 amide bonds. The van der Waals surface area contributed by atoms with Gasteiger partial charge in [-0.1, -0.05) is 23.7 Å². The lowest BCUT2D eigenvalue weighted by Gasteiger charge is -2.05. The van der Waals surface area contributed by atoms with Crippen molar-refractivity contribution in [2.24, 2.45) is 0 Å². The first kappa shape index (κ1) is 10.6. The minimum absolute atomic E-state index is 0.182. The first-order valence-electron chi connectivity index (χ1n) is 4.00. The molecular weight excluding hydrogens is 202 g/mol. The van der Waals surface area contributed by atoms with Gasteiger partial charge in [0.05, 0.1) is 18.4 Å². The maximum Gasteiger partial charge on any atom is 0.305 e.